The Morgan fingerprint density at radius 2 is 2.18 bits per heavy atom. The second-order valence-electron chi connectivity index (χ2n) is 3.34. The van der Waals surface area contributed by atoms with Crippen LogP contribution < -0.4 is 11.5 Å². The summed E-state index contributed by atoms with van der Waals surface area (Å²) in [6.45, 7) is 0. The van der Waals surface area contributed by atoms with Gasteiger partial charge in [0, 0.05) is 5.02 Å². The molecule has 0 aliphatic rings. The number of anilines is 1. The van der Waals surface area contributed by atoms with Crippen molar-refractivity contribution in [2.45, 2.75) is 0 Å². The molecule has 0 spiro atoms. The van der Waals surface area contributed by atoms with Gasteiger partial charge in [0.2, 0.25) is 0 Å². The van der Waals surface area contributed by atoms with E-state index < -0.39 is 11.7 Å². The number of hydrogen-bond acceptors (Lipinski definition) is 3. The van der Waals surface area contributed by atoms with Crippen LogP contribution in [0.25, 0.3) is 5.69 Å². The largest absolute Gasteiger partial charge is 0.396 e. The van der Waals surface area contributed by atoms with Crippen LogP contribution in [0, 0.1) is 5.82 Å². The smallest absolute Gasteiger partial charge is 0.271 e. The molecule has 0 unspecified atom stereocenters. The van der Waals surface area contributed by atoms with Crippen LogP contribution in [0.4, 0.5) is 10.1 Å². The van der Waals surface area contributed by atoms with Gasteiger partial charge in [-0.05, 0) is 18.2 Å². The van der Waals surface area contributed by atoms with Crippen molar-refractivity contribution in [3.63, 3.8) is 0 Å². The maximum Gasteiger partial charge on any atom is 0.271 e. The van der Waals surface area contributed by atoms with Gasteiger partial charge in [0.05, 0.1) is 11.9 Å². The second kappa shape index (κ2) is 4.06. The van der Waals surface area contributed by atoms with Crippen LogP contribution in [-0.4, -0.2) is 15.7 Å². The van der Waals surface area contributed by atoms with Crippen molar-refractivity contribution in [2.24, 2.45) is 5.73 Å². The van der Waals surface area contributed by atoms with Crippen LogP contribution in [0.5, 0.6) is 0 Å². The molecule has 2 aromatic rings. The predicted octanol–water partition coefficient (Wildman–Crippen LogP) is 1.35. The summed E-state index contributed by atoms with van der Waals surface area (Å²) in [5, 5.41) is 4.14. The minimum atomic E-state index is -0.774. The molecule has 1 heterocycles. The molecule has 0 saturated carbocycles. The van der Waals surface area contributed by atoms with Gasteiger partial charge in [-0.1, -0.05) is 11.6 Å². The fourth-order valence-electron chi connectivity index (χ4n) is 1.36. The molecule has 7 heteroatoms. The third kappa shape index (κ3) is 2.07. The molecule has 88 valence electrons. The zero-order valence-electron chi connectivity index (χ0n) is 8.52. The summed E-state index contributed by atoms with van der Waals surface area (Å²) >= 11 is 5.75. The van der Waals surface area contributed by atoms with Crippen molar-refractivity contribution in [1.29, 1.82) is 0 Å². The lowest BCUT2D eigenvalue weighted by atomic mass is 10.3. The Bertz CT molecular complexity index is 596. The Balaban J connectivity index is 2.57. The molecule has 0 aliphatic heterocycles. The molecule has 0 aliphatic carbocycles. The van der Waals surface area contributed by atoms with Crippen molar-refractivity contribution in [1.82, 2.24) is 9.78 Å². The van der Waals surface area contributed by atoms with E-state index in [9.17, 15) is 9.18 Å². The van der Waals surface area contributed by atoms with Gasteiger partial charge in [-0.3, -0.25) is 4.79 Å². The summed E-state index contributed by atoms with van der Waals surface area (Å²) in [6, 6.07) is 3.97. The number of nitrogen functional groups attached to an aromatic ring is 1. The number of rotatable bonds is 2. The lowest BCUT2D eigenvalue weighted by Gasteiger charge is -2.02. The molecule has 0 bridgehead atoms. The average molecular weight is 255 g/mol. The Hall–Kier alpha value is -2.08. The van der Waals surface area contributed by atoms with Crippen LogP contribution in [-0.2, 0) is 0 Å². The van der Waals surface area contributed by atoms with Crippen LogP contribution in [0.2, 0.25) is 5.02 Å². The van der Waals surface area contributed by atoms with Crippen molar-refractivity contribution in [3.05, 3.63) is 40.9 Å². The average Bonchev–Trinajstić information content (AvgIpc) is 2.64. The molecule has 1 aromatic carbocycles. The number of hydrogen-bond donors (Lipinski definition) is 2. The predicted molar refractivity (Wildman–Crippen MR) is 61.5 cm³/mol. The van der Waals surface area contributed by atoms with E-state index in [1.165, 1.54) is 24.4 Å². The SMILES string of the molecule is NC(=O)c1nn(-c2cc(Cl)ccc2F)cc1N. The summed E-state index contributed by atoms with van der Waals surface area (Å²) in [7, 11) is 0. The normalized spacial score (nSPS) is 10.5. The number of nitrogens with zero attached hydrogens (tertiary/aromatic N) is 2. The first kappa shape index (κ1) is 11.4. The lowest BCUT2D eigenvalue weighted by Crippen LogP contribution is -2.14. The van der Waals surface area contributed by atoms with Gasteiger partial charge in [0.25, 0.3) is 5.91 Å². The van der Waals surface area contributed by atoms with E-state index in [0.29, 0.717) is 5.02 Å². The van der Waals surface area contributed by atoms with E-state index in [1.54, 1.807) is 0 Å². The molecule has 0 saturated heterocycles. The van der Waals surface area contributed by atoms with E-state index in [0.717, 1.165) is 4.68 Å². The molecular weight excluding hydrogens is 247 g/mol. The number of nitrogens with two attached hydrogens (primary N) is 2. The fraction of sp³-hybridized carbons (Fsp3) is 0. The number of carbonyl (C=O) groups excluding carboxylic acids is 1. The molecule has 1 aromatic heterocycles. The highest BCUT2D eigenvalue weighted by atomic mass is 35.5. The van der Waals surface area contributed by atoms with Gasteiger partial charge in [0.15, 0.2) is 5.69 Å². The van der Waals surface area contributed by atoms with Crippen molar-refractivity contribution in [3.8, 4) is 5.69 Å². The van der Waals surface area contributed by atoms with E-state index >= 15 is 0 Å². The zero-order valence-corrected chi connectivity index (χ0v) is 9.28. The van der Waals surface area contributed by atoms with E-state index in [4.69, 9.17) is 23.1 Å². The topological polar surface area (TPSA) is 86.9 Å². The van der Waals surface area contributed by atoms with Crippen molar-refractivity contribution < 1.29 is 9.18 Å². The molecule has 0 radical (unpaired) electrons. The molecule has 1 amide bonds. The summed E-state index contributed by atoms with van der Waals surface area (Å²) in [5.41, 5.74) is 10.7. The van der Waals surface area contributed by atoms with E-state index in [-0.39, 0.29) is 17.1 Å². The summed E-state index contributed by atoms with van der Waals surface area (Å²) in [4.78, 5) is 11.0. The lowest BCUT2D eigenvalue weighted by molar-refractivity contribution is 0.0996. The number of primary amides is 1. The Morgan fingerprint density at radius 1 is 1.47 bits per heavy atom. The summed E-state index contributed by atoms with van der Waals surface area (Å²) in [5.74, 6) is -1.31. The third-order valence-electron chi connectivity index (χ3n) is 2.13. The summed E-state index contributed by atoms with van der Waals surface area (Å²) in [6.07, 6.45) is 1.30. The molecule has 0 fully saturated rings. The van der Waals surface area contributed by atoms with Crippen LogP contribution >= 0.6 is 11.6 Å². The first-order valence-corrected chi connectivity index (χ1v) is 4.97. The summed E-state index contributed by atoms with van der Waals surface area (Å²) < 4.78 is 14.6. The number of halogens is 2. The highest BCUT2D eigenvalue weighted by molar-refractivity contribution is 6.30. The van der Waals surface area contributed by atoms with Crippen molar-refractivity contribution >= 4 is 23.2 Å². The quantitative estimate of drug-likeness (QED) is 0.848. The monoisotopic (exact) mass is 254 g/mol. The third-order valence-corrected chi connectivity index (χ3v) is 2.37. The first-order valence-electron chi connectivity index (χ1n) is 4.59. The Morgan fingerprint density at radius 3 is 2.76 bits per heavy atom. The van der Waals surface area contributed by atoms with Crippen LogP contribution in [0.1, 0.15) is 10.5 Å². The van der Waals surface area contributed by atoms with Gasteiger partial charge < -0.3 is 11.5 Å². The van der Waals surface area contributed by atoms with Gasteiger partial charge in [0.1, 0.15) is 11.5 Å². The molecule has 4 N–H and O–H groups in total. The van der Waals surface area contributed by atoms with Gasteiger partial charge in [-0.15, -0.1) is 0 Å². The maximum atomic E-state index is 13.5. The van der Waals surface area contributed by atoms with Crippen LogP contribution in [0.3, 0.4) is 0 Å². The van der Waals surface area contributed by atoms with Gasteiger partial charge in [-0.2, -0.15) is 5.10 Å². The highest BCUT2D eigenvalue weighted by Crippen LogP contribution is 2.20. The van der Waals surface area contributed by atoms with Crippen molar-refractivity contribution in [2.75, 3.05) is 5.73 Å². The molecule has 17 heavy (non-hydrogen) atoms. The number of aromatic nitrogens is 2. The Labute approximate surface area is 101 Å². The van der Waals surface area contributed by atoms with Gasteiger partial charge >= 0.3 is 0 Å². The molecular formula is C10H8ClFN4O. The minimum Gasteiger partial charge on any atom is -0.396 e. The van der Waals surface area contributed by atoms with Crippen LogP contribution in [0.15, 0.2) is 24.4 Å². The second-order valence-corrected chi connectivity index (χ2v) is 3.77. The number of amides is 1. The molecule has 2 rings (SSSR count). The fourth-order valence-corrected chi connectivity index (χ4v) is 1.53. The molecule has 5 nitrogen and oxygen atoms in total. The zero-order chi connectivity index (χ0) is 12.6. The maximum absolute atomic E-state index is 13.5. The van der Waals surface area contributed by atoms with Gasteiger partial charge in [-0.25, -0.2) is 9.07 Å². The number of benzene rings is 1. The Kier molecular flexibility index (Phi) is 2.72. The number of carbonyl (C=O) groups is 1. The molecule has 0 atom stereocenters. The highest BCUT2D eigenvalue weighted by Gasteiger charge is 2.14. The minimum absolute atomic E-state index is 0.0804. The standard InChI is InChI=1S/C10H8ClFN4O/c11-5-1-2-6(12)8(3-5)16-4-7(13)9(15-16)10(14)17/h1-4H,13H2,(H2,14,17). The van der Waals surface area contributed by atoms with E-state index in [2.05, 4.69) is 5.10 Å². The van der Waals surface area contributed by atoms with E-state index in [1.807, 2.05) is 0 Å². The first-order chi connectivity index (χ1) is 7.99.